The summed E-state index contributed by atoms with van der Waals surface area (Å²) in [5.41, 5.74) is 2.04. The molecular weight excluding hydrogens is 392 g/mol. The van der Waals surface area contributed by atoms with Gasteiger partial charge in [-0.3, -0.25) is 4.79 Å². The molecule has 0 bridgehead atoms. The Morgan fingerprint density at radius 3 is 2.52 bits per heavy atom. The molecule has 1 saturated heterocycles. The number of rotatable bonds is 7. The highest BCUT2D eigenvalue weighted by molar-refractivity contribution is 5.79. The fraction of sp³-hybridized carbons (Fsp3) is 0.360. The summed E-state index contributed by atoms with van der Waals surface area (Å²) >= 11 is 0. The Bertz CT molecular complexity index is 1030. The van der Waals surface area contributed by atoms with E-state index in [-0.39, 0.29) is 11.9 Å². The van der Waals surface area contributed by atoms with Crippen LogP contribution in [0, 0.1) is 0 Å². The predicted octanol–water partition coefficient (Wildman–Crippen LogP) is 4.58. The van der Waals surface area contributed by atoms with E-state index in [2.05, 4.69) is 4.98 Å². The molecule has 0 unspecified atom stereocenters. The number of ether oxygens (including phenoxy) is 2. The zero-order valence-corrected chi connectivity index (χ0v) is 18.0. The minimum Gasteiger partial charge on any atom is -0.497 e. The molecular formula is C25H28N2O4. The van der Waals surface area contributed by atoms with Gasteiger partial charge >= 0.3 is 0 Å². The summed E-state index contributed by atoms with van der Waals surface area (Å²) < 4.78 is 16.7. The van der Waals surface area contributed by atoms with Crippen LogP contribution in [0.4, 0.5) is 0 Å². The SMILES string of the molecule is COc1cccc(CC(=O)N2CCCC[C@H]2c2ncc(Cc3cccc(OC)c3)o2)c1. The number of carbonyl (C=O) groups excluding carboxylic acids is 1. The molecule has 1 aliphatic rings. The number of nitrogens with zero attached hydrogens (tertiary/aromatic N) is 2. The van der Waals surface area contributed by atoms with Crippen molar-refractivity contribution >= 4 is 5.91 Å². The number of hydrogen-bond acceptors (Lipinski definition) is 5. The Balaban J connectivity index is 1.47. The summed E-state index contributed by atoms with van der Waals surface area (Å²) in [6, 6.07) is 15.5. The van der Waals surface area contributed by atoms with Gasteiger partial charge in [-0.25, -0.2) is 4.98 Å². The zero-order chi connectivity index (χ0) is 21.6. The van der Waals surface area contributed by atoms with Crippen LogP contribution in [0.2, 0.25) is 0 Å². The number of likely N-dealkylation sites (tertiary alicyclic amines) is 1. The van der Waals surface area contributed by atoms with Gasteiger partial charge in [0.2, 0.25) is 11.8 Å². The highest BCUT2D eigenvalue weighted by Crippen LogP contribution is 2.32. The molecule has 0 saturated carbocycles. The predicted molar refractivity (Wildman–Crippen MR) is 117 cm³/mol. The smallest absolute Gasteiger partial charge is 0.227 e. The molecule has 0 aliphatic carbocycles. The molecule has 0 N–H and O–H groups in total. The van der Waals surface area contributed by atoms with E-state index in [0.717, 1.165) is 54.2 Å². The topological polar surface area (TPSA) is 64.8 Å². The van der Waals surface area contributed by atoms with Crippen molar-refractivity contribution < 1.29 is 18.7 Å². The fourth-order valence-corrected chi connectivity index (χ4v) is 4.09. The van der Waals surface area contributed by atoms with Gasteiger partial charge in [0.25, 0.3) is 0 Å². The highest BCUT2D eigenvalue weighted by Gasteiger charge is 2.31. The molecule has 31 heavy (non-hydrogen) atoms. The summed E-state index contributed by atoms with van der Waals surface area (Å²) in [5, 5.41) is 0. The minimum absolute atomic E-state index is 0.0884. The number of benzene rings is 2. The van der Waals surface area contributed by atoms with E-state index in [1.165, 1.54) is 0 Å². The Morgan fingerprint density at radius 2 is 1.77 bits per heavy atom. The number of hydrogen-bond donors (Lipinski definition) is 0. The first-order chi connectivity index (χ1) is 15.2. The zero-order valence-electron chi connectivity index (χ0n) is 18.0. The van der Waals surface area contributed by atoms with Crippen LogP contribution in [0.3, 0.4) is 0 Å². The molecule has 1 atom stereocenters. The molecule has 162 valence electrons. The number of carbonyl (C=O) groups is 1. The van der Waals surface area contributed by atoms with E-state index in [4.69, 9.17) is 13.9 Å². The van der Waals surface area contributed by atoms with Crippen molar-refractivity contribution in [3.63, 3.8) is 0 Å². The third kappa shape index (κ3) is 5.08. The lowest BCUT2D eigenvalue weighted by Crippen LogP contribution is -2.39. The monoisotopic (exact) mass is 420 g/mol. The van der Waals surface area contributed by atoms with E-state index >= 15 is 0 Å². The van der Waals surface area contributed by atoms with E-state index < -0.39 is 0 Å². The van der Waals surface area contributed by atoms with E-state index in [0.29, 0.717) is 18.7 Å². The Morgan fingerprint density at radius 1 is 1.06 bits per heavy atom. The van der Waals surface area contributed by atoms with Gasteiger partial charge in [0.1, 0.15) is 23.3 Å². The van der Waals surface area contributed by atoms with Crippen molar-refractivity contribution in [3.05, 3.63) is 77.5 Å². The first-order valence-corrected chi connectivity index (χ1v) is 10.7. The molecule has 3 aromatic rings. The van der Waals surface area contributed by atoms with E-state index in [1.807, 2.05) is 53.4 Å². The molecule has 6 nitrogen and oxygen atoms in total. The largest absolute Gasteiger partial charge is 0.497 e. The van der Waals surface area contributed by atoms with Gasteiger partial charge in [-0.1, -0.05) is 24.3 Å². The summed E-state index contributed by atoms with van der Waals surface area (Å²) in [5.74, 6) is 3.07. The van der Waals surface area contributed by atoms with Crippen LogP contribution in [0.15, 0.2) is 59.1 Å². The van der Waals surface area contributed by atoms with Gasteiger partial charge in [0.05, 0.1) is 26.8 Å². The Hall–Kier alpha value is -3.28. The number of aromatic nitrogens is 1. The van der Waals surface area contributed by atoms with Crippen LogP contribution in [0.1, 0.15) is 48.1 Å². The normalized spacial score (nSPS) is 16.2. The van der Waals surface area contributed by atoms with Crippen molar-refractivity contribution in [1.29, 1.82) is 0 Å². The first-order valence-electron chi connectivity index (χ1n) is 10.7. The third-order valence-electron chi connectivity index (χ3n) is 5.68. The molecule has 0 spiro atoms. The Labute approximate surface area is 182 Å². The van der Waals surface area contributed by atoms with Crippen LogP contribution in [-0.2, 0) is 17.6 Å². The van der Waals surface area contributed by atoms with Crippen molar-refractivity contribution in [3.8, 4) is 11.5 Å². The molecule has 6 heteroatoms. The summed E-state index contributed by atoms with van der Waals surface area (Å²) in [4.78, 5) is 19.6. The van der Waals surface area contributed by atoms with Gasteiger partial charge in [0.15, 0.2) is 0 Å². The lowest BCUT2D eigenvalue weighted by molar-refractivity contribution is -0.134. The maximum Gasteiger partial charge on any atom is 0.227 e. The molecule has 1 aromatic heterocycles. The molecule has 1 amide bonds. The Kier molecular flexibility index (Phi) is 6.55. The van der Waals surface area contributed by atoms with Gasteiger partial charge in [-0.05, 0) is 54.7 Å². The first kappa shape index (κ1) is 21.0. The summed E-state index contributed by atoms with van der Waals surface area (Å²) in [7, 11) is 3.29. The van der Waals surface area contributed by atoms with Crippen molar-refractivity contribution in [2.24, 2.45) is 0 Å². The summed E-state index contributed by atoms with van der Waals surface area (Å²) in [6.07, 6.45) is 5.66. The second kappa shape index (κ2) is 9.69. The minimum atomic E-state index is -0.120. The highest BCUT2D eigenvalue weighted by atomic mass is 16.5. The maximum atomic E-state index is 13.1. The summed E-state index contributed by atoms with van der Waals surface area (Å²) in [6.45, 7) is 0.723. The lowest BCUT2D eigenvalue weighted by Gasteiger charge is -2.34. The molecule has 2 heterocycles. The van der Waals surface area contributed by atoms with Crippen LogP contribution >= 0.6 is 0 Å². The van der Waals surface area contributed by atoms with Crippen LogP contribution in [0.5, 0.6) is 11.5 Å². The second-order valence-electron chi connectivity index (χ2n) is 7.82. The maximum absolute atomic E-state index is 13.1. The second-order valence-corrected chi connectivity index (χ2v) is 7.82. The van der Waals surface area contributed by atoms with Crippen LogP contribution in [-0.4, -0.2) is 36.6 Å². The number of piperidine rings is 1. The number of oxazole rings is 1. The molecule has 4 rings (SSSR count). The fourth-order valence-electron chi connectivity index (χ4n) is 4.09. The standard InChI is InChI=1S/C25H28N2O4/c1-29-20-9-5-7-18(13-20)15-22-17-26-25(31-22)23-11-3-4-12-27(23)24(28)16-19-8-6-10-21(14-19)30-2/h5-10,13-14,17,23H,3-4,11-12,15-16H2,1-2H3/t23-/m0/s1. The number of amides is 1. The van der Waals surface area contributed by atoms with Gasteiger partial charge < -0.3 is 18.8 Å². The van der Waals surface area contributed by atoms with E-state index in [9.17, 15) is 4.79 Å². The van der Waals surface area contributed by atoms with Crippen molar-refractivity contribution in [2.75, 3.05) is 20.8 Å². The lowest BCUT2D eigenvalue weighted by atomic mass is 10.0. The van der Waals surface area contributed by atoms with Crippen LogP contribution in [0.25, 0.3) is 0 Å². The van der Waals surface area contributed by atoms with Gasteiger partial charge in [0, 0.05) is 13.0 Å². The molecule has 0 radical (unpaired) electrons. The van der Waals surface area contributed by atoms with Gasteiger partial charge in [-0.2, -0.15) is 0 Å². The number of methoxy groups -OCH3 is 2. The molecule has 2 aromatic carbocycles. The van der Waals surface area contributed by atoms with Crippen LogP contribution < -0.4 is 9.47 Å². The quantitative estimate of drug-likeness (QED) is 0.560. The average molecular weight is 421 g/mol. The third-order valence-corrected chi connectivity index (χ3v) is 5.68. The molecule has 1 fully saturated rings. The van der Waals surface area contributed by atoms with Gasteiger partial charge in [-0.15, -0.1) is 0 Å². The van der Waals surface area contributed by atoms with Crippen molar-refractivity contribution in [1.82, 2.24) is 9.88 Å². The average Bonchev–Trinajstić information content (AvgIpc) is 3.27. The van der Waals surface area contributed by atoms with Crippen molar-refractivity contribution in [2.45, 2.75) is 38.1 Å². The van der Waals surface area contributed by atoms with E-state index in [1.54, 1.807) is 20.4 Å². The molecule has 1 aliphatic heterocycles.